The molecule has 1 aliphatic heterocycles. The molecule has 10 nitrogen and oxygen atoms in total. The molecule has 2 atom stereocenters. The minimum Gasteiger partial charge on any atom is -0.467 e. The van der Waals surface area contributed by atoms with E-state index < -0.39 is 34.0 Å². The average molecular weight is 551 g/mol. The van der Waals surface area contributed by atoms with E-state index in [-0.39, 0.29) is 17.2 Å². The van der Waals surface area contributed by atoms with E-state index in [0.29, 0.717) is 40.5 Å². The highest BCUT2D eigenvalue weighted by molar-refractivity contribution is 7.89. The van der Waals surface area contributed by atoms with Gasteiger partial charge in [-0.3, -0.25) is 14.6 Å². The number of rotatable bonds is 9. The van der Waals surface area contributed by atoms with Crippen molar-refractivity contribution in [1.29, 1.82) is 0 Å². The quantitative estimate of drug-likeness (QED) is 0.389. The van der Waals surface area contributed by atoms with E-state index in [1.807, 2.05) is 6.92 Å². The molecule has 1 aromatic heterocycles. The lowest BCUT2D eigenvalue weighted by atomic mass is 10.0. The lowest BCUT2D eigenvalue weighted by Crippen LogP contribution is -2.55. The molecule has 2 amide bonds. The van der Waals surface area contributed by atoms with Crippen LogP contribution in [0.2, 0.25) is 0 Å². The Morgan fingerprint density at radius 3 is 2.31 bits per heavy atom. The number of carbonyl (C=O) groups is 3. The van der Waals surface area contributed by atoms with Gasteiger partial charge < -0.3 is 15.4 Å². The standard InChI is InChI=1S/C28H30N4O6S/c1-19-5-11-23(12-6-19)39(36,37)32(27(34)24-4-3-15-30-24)25(28(35)38-2)18-20-7-9-22(10-8-20)31-26(33)21-13-16-29-17-14-21/h5-14,16-17,24-25,30H,3-4,15,18H2,1-2H3,(H,31,33)/t24-,25+/m0/s1. The number of nitrogens with one attached hydrogen (secondary N) is 2. The van der Waals surface area contributed by atoms with Crippen LogP contribution >= 0.6 is 0 Å². The maximum Gasteiger partial charge on any atom is 0.330 e. The average Bonchev–Trinajstić information content (AvgIpc) is 3.49. The number of esters is 1. The van der Waals surface area contributed by atoms with E-state index in [9.17, 15) is 22.8 Å². The molecule has 3 aromatic rings. The second-order valence-corrected chi connectivity index (χ2v) is 11.0. The van der Waals surface area contributed by atoms with Crippen molar-refractivity contribution in [2.45, 2.75) is 43.2 Å². The first kappa shape index (κ1) is 27.9. The van der Waals surface area contributed by atoms with Gasteiger partial charge in [0.2, 0.25) is 0 Å². The normalized spacial score (nSPS) is 15.8. The van der Waals surface area contributed by atoms with Crippen molar-refractivity contribution >= 4 is 33.5 Å². The first-order valence-corrected chi connectivity index (χ1v) is 13.9. The number of sulfonamides is 1. The van der Waals surface area contributed by atoms with E-state index in [0.717, 1.165) is 12.7 Å². The van der Waals surface area contributed by atoms with Gasteiger partial charge in [0.15, 0.2) is 0 Å². The van der Waals surface area contributed by atoms with Gasteiger partial charge in [-0.1, -0.05) is 29.8 Å². The van der Waals surface area contributed by atoms with Crippen molar-refractivity contribution in [2.75, 3.05) is 19.0 Å². The molecule has 0 saturated carbocycles. The zero-order chi connectivity index (χ0) is 28.0. The fraction of sp³-hybridized carbons (Fsp3) is 0.286. The number of carbonyl (C=O) groups excluding carboxylic acids is 3. The van der Waals surface area contributed by atoms with Gasteiger partial charge in [-0.2, -0.15) is 0 Å². The van der Waals surface area contributed by atoms with Crippen LogP contribution in [0.15, 0.2) is 78.0 Å². The van der Waals surface area contributed by atoms with Crippen molar-refractivity contribution in [3.8, 4) is 0 Å². The first-order valence-electron chi connectivity index (χ1n) is 12.5. The number of nitrogens with zero attached hydrogens (tertiary/aromatic N) is 2. The molecular formula is C28H30N4O6S. The molecule has 1 aliphatic rings. The molecule has 2 aromatic carbocycles. The molecule has 1 saturated heterocycles. The molecule has 2 N–H and O–H groups in total. The highest BCUT2D eigenvalue weighted by atomic mass is 32.2. The summed E-state index contributed by atoms with van der Waals surface area (Å²) in [4.78, 5) is 42.9. The summed E-state index contributed by atoms with van der Waals surface area (Å²) in [6, 6.07) is 13.7. The van der Waals surface area contributed by atoms with E-state index >= 15 is 0 Å². The van der Waals surface area contributed by atoms with Crippen LogP contribution in [-0.2, 0) is 30.8 Å². The molecule has 204 valence electrons. The summed E-state index contributed by atoms with van der Waals surface area (Å²) in [5, 5.41) is 5.81. The fourth-order valence-corrected chi connectivity index (χ4v) is 5.93. The van der Waals surface area contributed by atoms with Gasteiger partial charge in [0.1, 0.15) is 6.04 Å². The summed E-state index contributed by atoms with van der Waals surface area (Å²) in [6.45, 7) is 2.40. The third-order valence-corrected chi connectivity index (χ3v) is 8.31. The Morgan fingerprint density at radius 2 is 1.72 bits per heavy atom. The number of amides is 2. The Hall–Kier alpha value is -4.09. The van der Waals surface area contributed by atoms with Gasteiger partial charge in [-0.05, 0) is 68.3 Å². The SMILES string of the molecule is COC(=O)[C@@H](Cc1ccc(NC(=O)c2ccncc2)cc1)N(C(=O)[C@@H]1CCCN1)S(=O)(=O)c1ccc(C)cc1. The maximum absolute atomic E-state index is 13.8. The predicted octanol–water partition coefficient (Wildman–Crippen LogP) is 2.70. The van der Waals surface area contributed by atoms with Crippen molar-refractivity contribution in [3.05, 3.63) is 89.7 Å². The number of aromatic nitrogens is 1. The fourth-order valence-electron chi connectivity index (χ4n) is 4.36. The molecule has 2 heterocycles. The highest BCUT2D eigenvalue weighted by Gasteiger charge is 2.43. The van der Waals surface area contributed by atoms with Crippen molar-refractivity contribution in [3.63, 3.8) is 0 Å². The first-order chi connectivity index (χ1) is 18.7. The van der Waals surface area contributed by atoms with Crippen LogP contribution < -0.4 is 10.6 Å². The number of anilines is 1. The van der Waals surface area contributed by atoms with Crippen LogP contribution in [-0.4, -0.2) is 61.2 Å². The lowest BCUT2D eigenvalue weighted by Gasteiger charge is -2.31. The van der Waals surface area contributed by atoms with E-state index in [4.69, 9.17) is 4.74 Å². The Morgan fingerprint density at radius 1 is 1.05 bits per heavy atom. The summed E-state index contributed by atoms with van der Waals surface area (Å²) in [5.41, 5.74) is 2.37. The molecule has 39 heavy (non-hydrogen) atoms. The van der Waals surface area contributed by atoms with Gasteiger partial charge >= 0.3 is 5.97 Å². The largest absolute Gasteiger partial charge is 0.467 e. The molecule has 4 rings (SSSR count). The minimum atomic E-state index is -4.40. The number of pyridine rings is 1. The van der Waals surface area contributed by atoms with Crippen molar-refractivity contribution < 1.29 is 27.5 Å². The van der Waals surface area contributed by atoms with Crippen LogP contribution in [0.4, 0.5) is 5.69 Å². The Labute approximate surface area is 227 Å². The number of aryl methyl sites for hydroxylation is 1. The van der Waals surface area contributed by atoms with Crippen molar-refractivity contribution in [2.24, 2.45) is 0 Å². The summed E-state index contributed by atoms with van der Waals surface area (Å²) in [6.07, 6.45) is 4.09. The topological polar surface area (TPSA) is 135 Å². The maximum atomic E-state index is 13.8. The third kappa shape index (κ3) is 6.50. The molecule has 0 unspecified atom stereocenters. The van der Waals surface area contributed by atoms with Crippen LogP contribution in [0.3, 0.4) is 0 Å². The van der Waals surface area contributed by atoms with Gasteiger partial charge in [-0.25, -0.2) is 17.5 Å². The third-order valence-electron chi connectivity index (χ3n) is 6.49. The summed E-state index contributed by atoms with van der Waals surface area (Å²) in [5.74, 6) is -1.88. The van der Waals surface area contributed by atoms with Gasteiger partial charge in [0.05, 0.1) is 18.0 Å². The monoisotopic (exact) mass is 550 g/mol. The molecule has 1 fully saturated rings. The van der Waals surface area contributed by atoms with Crippen molar-refractivity contribution in [1.82, 2.24) is 14.6 Å². The number of ether oxygens (including phenoxy) is 1. The zero-order valence-electron chi connectivity index (χ0n) is 21.7. The Balaban J connectivity index is 1.64. The Bertz CT molecular complexity index is 1420. The van der Waals surface area contributed by atoms with Gasteiger partial charge in [0.25, 0.3) is 21.8 Å². The second kappa shape index (κ2) is 12.2. The Kier molecular flexibility index (Phi) is 8.72. The molecule has 0 spiro atoms. The molecule has 11 heteroatoms. The predicted molar refractivity (Wildman–Crippen MR) is 144 cm³/mol. The zero-order valence-corrected chi connectivity index (χ0v) is 22.5. The summed E-state index contributed by atoms with van der Waals surface area (Å²) >= 11 is 0. The highest BCUT2D eigenvalue weighted by Crippen LogP contribution is 2.25. The molecular weight excluding hydrogens is 520 g/mol. The number of hydrogen-bond donors (Lipinski definition) is 2. The lowest BCUT2D eigenvalue weighted by molar-refractivity contribution is -0.149. The number of hydrogen-bond acceptors (Lipinski definition) is 8. The number of methoxy groups -OCH3 is 1. The smallest absolute Gasteiger partial charge is 0.330 e. The van der Waals surface area contributed by atoms with Crippen LogP contribution in [0.5, 0.6) is 0 Å². The van der Waals surface area contributed by atoms with E-state index in [2.05, 4.69) is 15.6 Å². The minimum absolute atomic E-state index is 0.0949. The molecule has 0 bridgehead atoms. The molecule has 0 aliphatic carbocycles. The van der Waals surface area contributed by atoms with Crippen LogP contribution in [0.25, 0.3) is 0 Å². The van der Waals surface area contributed by atoms with Gasteiger partial charge in [0, 0.05) is 30.1 Å². The molecule has 0 radical (unpaired) electrons. The summed E-state index contributed by atoms with van der Waals surface area (Å²) < 4.78 is 33.3. The summed E-state index contributed by atoms with van der Waals surface area (Å²) in [7, 11) is -3.25. The second-order valence-electron chi connectivity index (χ2n) is 9.23. The van der Waals surface area contributed by atoms with E-state index in [1.165, 1.54) is 24.5 Å². The van der Waals surface area contributed by atoms with E-state index in [1.54, 1.807) is 48.5 Å². The van der Waals surface area contributed by atoms with Crippen LogP contribution in [0.1, 0.15) is 34.3 Å². The number of benzene rings is 2. The van der Waals surface area contributed by atoms with Crippen LogP contribution in [0, 0.1) is 6.92 Å². The van der Waals surface area contributed by atoms with Gasteiger partial charge in [-0.15, -0.1) is 0 Å².